The van der Waals surface area contributed by atoms with Crippen LogP contribution in [0.1, 0.15) is 36.8 Å². The maximum atomic E-state index is 12.4. The third-order valence-electron chi connectivity index (χ3n) is 5.85. The number of allylic oxidation sites excluding steroid dienone is 1. The number of carbonyl (C=O) groups is 2. The Hall–Kier alpha value is -1.78. The van der Waals surface area contributed by atoms with Crippen molar-refractivity contribution in [3.05, 3.63) is 79.8 Å². The van der Waals surface area contributed by atoms with Gasteiger partial charge in [-0.2, -0.15) is 0 Å². The van der Waals surface area contributed by atoms with Crippen molar-refractivity contribution < 1.29 is 9.59 Å². The minimum Gasteiger partial charge on any atom is -0.347 e. The highest BCUT2D eigenvalue weighted by Gasteiger charge is 2.68. The Morgan fingerprint density at radius 2 is 1.32 bits per heavy atom. The molecule has 160 valence electrons. The molecule has 2 aromatic rings. The molecule has 0 aliphatic heterocycles. The molecule has 7 heteroatoms. The van der Waals surface area contributed by atoms with Crippen LogP contribution >= 0.6 is 46.4 Å². The summed E-state index contributed by atoms with van der Waals surface area (Å²) in [6.07, 6.45) is 9.53. The summed E-state index contributed by atoms with van der Waals surface area (Å²) < 4.78 is 0. The van der Waals surface area contributed by atoms with E-state index in [0.717, 1.165) is 30.4 Å². The second-order valence-corrected chi connectivity index (χ2v) is 10.1. The fourth-order valence-electron chi connectivity index (χ4n) is 4.64. The summed E-state index contributed by atoms with van der Waals surface area (Å²) in [7, 11) is 0. The van der Waals surface area contributed by atoms with Gasteiger partial charge in [-0.15, -0.1) is 0 Å². The maximum Gasteiger partial charge on any atom is 0.244 e. The van der Waals surface area contributed by atoms with E-state index < -0.39 is 0 Å². The van der Waals surface area contributed by atoms with Gasteiger partial charge in [0.05, 0.1) is 20.1 Å². The molecule has 3 aliphatic carbocycles. The van der Waals surface area contributed by atoms with E-state index in [4.69, 9.17) is 46.4 Å². The number of hydrogen-bond acceptors (Lipinski definition) is 2. The average molecular weight is 495 g/mol. The molecular formula is C24H19Cl4NO2. The third kappa shape index (κ3) is 5.01. The highest BCUT2D eigenvalue weighted by Crippen LogP contribution is 2.69. The predicted molar refractivity (Wildman–Crippen MR) is 128 cm³/mol. The molecule has 5 rings (SSSR count). The molecule has 0 spiro atoms. The first-order valence-corrected chi connectivity index (χ1v) is 11.3. The minimum atomic E-state index is -0.174. The van der Waals surface area contributed by atoms with Gasteiger partial charge in [-0.1, -0.05) is 64.6 Å². The number of hydrogen-bond donors (Lipinski definition) is 1. The molecule has 2 aromatic carbocycles. The zero-order valence-electron chi connectivity index (χ0n) is 16.4. The zero-order chi connectivity index (χ0) is 22.2. The lowest BCUT2D eigenvalue weighted by atomic mass is 9.38. The van der Waals surface area contributed by atoms with E-state index >= 15 is 0 Å². The van der Waals surface area contributed by atoms with Crippen LogP contribution in [0.3, 0.4) is 0 Å². The summed E-state index contributed by atoms with van der Waals surface area (Å²) in [5.74, 6) is -0.0737. The standard InChI is InChI=1S/C24H19Cl4NO2/c25-18-6-2-15(9-20(18)27)1-5-17(30)11-23-12-24(13-23,14-23)29-22(31)8-4-16-3-7-19(26)21(28)10-16/h1-10H,11-14H2,(H,29,31)/b5-1+,8-4+. The lowest BCUT2D eigenvalue weighted by molar-refractivity contribution is -0.168. The van der Waals surface area contributed by atoms with Crippen LogP contribution in [0.25, 0.3) is 12.2 Å². The van der Waals surface area contributed by atoms with Gasteiger partial charge in [0.1, 0.15) is 0 Å². The van der Waals surface area contributed by atoms with Gasteiger partial charge in [0, 0.05) is 18.0 Å². The van der Waals surface area contributed by atoms with Crippen molar-refractivity contribution in [3.63, 3.8) is 0 Å². The molecule has 1 amide bonds. The molecule has 0 unspecified atom stereocenters. The fraction of sp³-hybridized carbons (Fsp3) is 0.250. The van der Waals surface area contributed by atoms with Crippen LogP contribution < -0.4 is 5.32 Å². The summed E-state index contributed by atoms with van der Waals surface area (Å²) >= 11 is 23.8. The van der Waals surface area contributed by atoms with Crippen molar-refractivity contribution in [3.8, 4) is 0 Å². The highest BCUT2D eigenvalue weighted by molar-refractivity contribution is 6.42. The van der Waals surface area contributed by atoms with Gasteiger partial charge in [-0.3, -0.25) is 9.59 Å². The summed E-state index contributed by atoms with van der Waals surface area (Å²) in [5.41, 5.74) is 1.47. The van der Waals surface area contributed by atoms with Gasteiger partial charge in [0.25, 0.3) is 0 Å². The number of rotatable bonds is 7. The molecule has 1 N–H and O–H groups in total. The minimum absolute atomic E-state index is 0.0137. The summed E-state index contributed by atoms with van der Waals surface area (Å²) in [5, 5.41) is 4.95. The van der Waals surface area contributed by atoms with Gasteiger partial charge < -0.3 is 5.32 Å². The molecular weight excluding hydrogens is 476 g/mol. The van der Waals surface area contributed by atoms with Crippen LogP contribution in [0.5, 0.6) is 0 Å². The third-order valence-corrected chi connectivity index (χ3v) is 7.33. The number of halogens is 4. The van der Waals surface area contributed by atoms with Crippen molar-refractivity contribution in [2.24, 2.45) is 5.41 Å². The first-order chi connectivity index (χ1) is 14.7. The van der Waals surface area contributed by atoms with Crippen LogP contribution in [-0.2, 0) is 9.59 Å². The number of nitrogens with one attached hydrogen (secondary N) is 1. The van der Waals surface area contributed by atoms with Crippen molar-refractivity contribution in [2.75, 3.05) is 0 Å². The Morgan fingerprint density at radius 1 is 0.806 bits per heavy atom. The normalized spacial score (nSPS) is 24.1. The lowest BCUT2D eigenvalue weighted by Crippen LogP contribution is -2.74. The van der Waals surface area contributed by atoms with E-state index in [9.17, 15) is 9.59 Å². The molecule has 0 saturated heterocycles. The van der Waals surface area contributed by atoms with E-state index in [-0.39, 0.29) is 22.6 Å². The smallest absolute Gasteiger partial charge is 0.244 e. The van der Waals surface area contributed by atoms with E-state index in [0.29, 0.717) is 26.5 Å². The molecule has 3 nitrogen and oxygen atoms in total. The van der Waals surface area contributed by atoms with Crippen molar-refractivity contribution >= 4 is 70.2 Å². The first kappa shape index (κ1) is 22.4. The molecule has 0 heterocycles. The van der Waals surface area contributed by atoms with E-state index in [1.165, 1.54) is 6.08 Å². The van der Waals surface area contributed by atoms with Crippen LogP contribution in [0.15, 0.2) is 48.6 Å². The van der Waals surface area contributed by atoms with Crippen LogP contribution in [-0.4, -0.2) is 17.2 Å². The van der Waals surface area contributed by atoms with E-state index in [2.05, 4.69) is 5.32 Å². The van der Waals surface area contributed by atoms with E-state index in [1.54, 1.807) is 48.6 Å². The molecule has 3 fully saturated rings. The first-order valence-electron chi connectivity index (χ1n) is 9.79. The van der Waals surface area contributed by atoms with Crippen molar-refractivity contribution in [2.45, 2.75) is 31.2 Å². The predicted octanol–water partition coefficient (Wildman–Crippen LogP) is 7.02. The topological polar surface area (TPSA) is 46.2 Å². The number of carbonyl (C=O) groups excluding carboxylic acids is 2. The van der Waals surface area contributed by atoms with Gasteiger partial charge in [-0.05, 0) is 72.2 Å². The van der Waals surface area contributed by atoms with Crippen molar-refractivity contribution in [1.29, 1.82) is 0 Å². The van der Waals surface area contributed by atoms with Gasteiger partial charge in [0.2, 0.25) is 5.91 Å². The molecule has 0 atom stereocenters. The lowest BCUT2D eigenvalue weighted by Gasteiger charge is -2.70. The molecule has 2 bridgehead atoms. The van der Waals surface area contributed by atoms with Gasteiger partial charge >= 0.3 is 0 Å². The SMILES string of the molecule is O=C(/C=C/c1ccc(Cl)c(Cl)c1)CC12CC(NC(=O)/C=C/c3ccc(Cl)c(Cl)c3)(C1)C2. The van der Waals surface area contributed by atoms with Crippen LogP contribution in [0.4, 0.5) is 0 Å². The maximum absolute atomic E-state index is 12.4. The zero-order valence-corrected chi connectivity index (χ0v) is 19.5. The Balaban J connectivity index is 1.25. The molecule has 0 radical (unpaired) electrons. The quantitative estimate of drug-likeness (QED) is 0.420. The molecule has 3 saturated carbocycles. The fourth-order valence-corrected chi connectivity index (χ4v) is 5.26. The molecule has 31 heavy (non-hydrogen) atoms. The molecule has 0 aromatic heterocycles. The Morgan fingerprint density at radius 3 is 1.84 bits per heavy atom. The molecule has 3 aliphatic rings. The average Bonchev–Trinajstić information content (AvgIpc) is 2.67. The summed E-state index contributed by atoms with van der Waals surface area (Å²) in [6.45, 7) is 0. The van der Waals surface area contributed by atoms with Crippen LogP contribution in [0.2, 0.25) is 20.1 Å². The van der Waals surface area contributed by atoms with Crippen LogP contribution in [0, 0.1) is 5.41 Å². The van der Waals surface area contributed by atoms with Gasteiger partial charge in [-0.25, -0.2) is 0 Å². The second kappa shape index (κ2) is 8.63. The Kier molecular flexibility index (Phi) is 6.24. The summed E-state index contributed by atoms with van der Waals surface area (Å²) in [4.78, 5) is 24.7. The highest BCUT2D eigenvalue weighted by atomic mass is 35.5. The monoisotopic (exact) mass is 493 g/mol. The second-order valence-electron chi connectivity index (χ2n) is 8.46. The Labute approximate surface area is 201 Å². The number of amides is 1. The largest absolute Gasteiger partial charge is 0.347 e. The van der Waals surface area contributed by atoms with Gasteiger partial charge in [0.15, 0.2) is 5.78 Å². The Bertz CT molecular complexity index is 1020. The number of benzene rings is 2. The number of ketones is 1. The summed E-state index contributed by atoms with van der Waals surface area (Å²) in [6, 6.07) is 10.4. The van der Waals surface area contributed by atoms with E-state index in [1.807, 2.05) is 6.07 Å². The van der Waals surface area contributed by atoms with Crippen molar-refractivity contribution in [1.82, 2.24) is 5.32 Å².